The second-order valence-electron chi connectivity index (χ2n) is 6.46. The summed E-state index contributed by atoms with van der Waals surface area (Å²) in [5.41, 5.74) is 5.33. The molecule has 11 heteroatoms. The number of hydrogen-bond donors (Lipinski definition) is 1. The number of imide groups is 1. The number of ether oxygens (including phenoxy) is 2. The molecule has 10 nitrogen and oxygen atoms in total. The van der Waals surface area contributed by atoms with E-state index in [9.17, 15) is 14.4 Å². The molecule has 0 unspecified atom stereocenters. The average Bonchev–Trinajstić information content (AvgIpc) is 2.98. The zero-order valence-electron chi connectivity index (χ0n) is 16.1. The molecule has 0 aromatic carbocycles. The van der Waals surface area contributed by atoms with Crippen LogP contribution in [0.3, 0.4) is 0 Å². The maximum absolute atomic E-state index is 12.5. The Morgan fingerprint density at radius 2 is 2.00 bits per heavy atom. The molecule has 0 radical (unpaired) electrons. The van der Waals surface area contributed by atoms with Gasteiger partial charge in [0.2, 0.25) is 5.13 Å². The summed E-state index contributed by atoms with van der Waals surface area (Å²) < 4.78 is 10.2. The van der Waals surface area contributed by atoms with Crippen molar-refractivity contribution < 1.29 is 28.7 Å². The van der Waals surface area contributed by atoms with Crippen molar-refractivity contribution in [2.75, 3.05) is 18.6 Å². The number of amides is 2. The normalized spacial score (nSPS) is 12.9. The van der Waals surface area contributed by atoms with Gasteiger partial charge in [0.15, 0.2) is 0 Å². The van der Waals surface area contributed by atoms with Crippen LogP contribution in [-0.2, 0) is 23.9 Å². The number of nitrogens with zero attached hydrogens (tertiary/aromatic N) is 3. The van der Waals surface area contributed by atoms with Gasteiger partial charge >= 0.3 is 12.1 Å². The second kappa shape index (κ2) is 9.42. The summed E-state index contributed by atoms with van der Waals surface area (Å²) in [5, 5.41) is 5.36. The summed E-state index contributed by atoms with van der Waals surface area (Å²) in [7, 11) is 1.33. The number of nitrogens with two attached hydrogens (primary N) is 1. The van der Waals surface area contributed by atoms with Crippen LogP contribution >= 0.6 is 11.3 Å². The molecule has 0 aliphatic carbocycles. The van der Waals surface area contributed by atoms with Crippen molar-refractivity contribution in [2.45, 2.75) is 46.3 Å². The monoisotopic (exact) mass is 400 g/mol. The first kappa shape index (κ1) is 22.5. The zero-order chi connectivity index (χ0) is 20.8. The van der Waals surface area contributed by atoms with Gasteiger partial charge in [0.25, 0.3) is 5.91 Å². The third kappa shape index (κ3) is 6.94. The smallest absolute Gasteiger partial charge is 0.423 e. The Morgan fingerprint density at radius 1 is 1.37 bits per heavy atom. The van der Waals surface area contributed by atoms with E-state index in [1.807, 2.05) is 0 Å². The number of thiazole rings is 1. The molecule has 0 saturated heterocycles. The molecule has 0 spiro atoms. The third-order valence-electron chi connectivity index (χ3n) is 2.78. The minimum absolute atomic E-state index is 0.0492. The highest BCUT2D eigenvalue weighted by Gasteiger charge is 2.33. The van der Waals surface area contributed by atoms with Gasteiger partial charge in [0.1, 0.15) is 30.7 Å². The molecular formula is C16H24N4O6S. The van der Waals surface area contributed by atoms with E-state index in [0.29, 0.717) is 0 Å². The van der Waals surface area contributed by atoms with E-state index in [-0.39, 0.29) is 23.1 Å². The summed E-state index contributed by atoms with van der Waals surface area (Å²) in [4.78, 5) is 45.7. The van der Waals surface area contributed by atoms with Crippen molar-refractivity contribution in [3.05, 3.63) is 11.1 Å². The van der Waals surface area contributed by atoms with E-state index in [1.54, 1.807) is 26.2 Å². The van der Waals surface area contributed by atoms with Gasteiger partial charge in [-0.25, -0.2) is 9.78 Å². The predicted octanol–water partition coefficient (Wildman–Crippen LogP) is 1.67. The van der Waals surface area contributed by atoms with Gasteiger partial charge in [0.05, 0.1) is 6.04 Å². The lowest BCUT2D eigenvalue weighted by molar-refractivity contribution is -0.139. The maximum atomic E-state index is 12.5. The maximum Gasteiger partial charge on any atom is 0.423 e. The van der Waals surface area contributed by atoms with Crippen molar-refractivity contribution in [1.29, 1.82) is 0 Å². The first-order valence-electron chi connectivity index (χ1n) is 7.98. The number of esters is 1. The van der Waals surface area contributed by atoms with Gasteiger partial charge in [-0.05, 0) is 27.7 Å². The third-order valence-corrected chi connectivity index (χ3v) is 3.60. The van der Waals surface area contributed by atoms with E-state index < -0.39 is 29.6 Å². The first-order valence-corrected chi connectivity index (χ1v) is 8.86. The summed E-state index contributed by atoms with van der Waals surface area (Å²) in [6, 6.07) is -0.946. The quantitative estimate of drug-likeness (QED) is 0.433. The molecular weight excluding hydrogens is 376 g/mol. The molecule has 0 saturated carbocycles. The Balaban J connectivity index is 3.21. The summed E-state index contributed by atoms with van der Waals surface area (Å²) >= 11 is 1.01. The van der Waals surface area contributed by atoms with Crippen LogP contribution in [0, 0.1) is 0 Å². The minimum atomic E-state index is -0.946. The van der Waals surface area contributed by atoms with Crippen LogP contribution in [0.2, 0.25) is 0 Å². The fourth-order valence-corrected chi connectivity index (χ4v) is 2.53. The number of rotatable bonds is 6. The van der Waals surface area contributed by atoms with Gasteiger partial charge < -0.3 is 20.0 Å². The van der Waals surface area contributed by atoms with Gasteiger partial charge in [-0.2, -0.15) is 4.90 Å². The lowest BCUT2D eigenvalue weighted by Gasteiger charge is -2.25. The SMILES string of the molecule is CO/N=C(\COC(C)=O)c1csc(N(C(=O)OC(C)(C)C)C(=O)[C@@H](C)N)n1. The molecule has 150 valence electrons. The van der Waals surface area contributed by atoms with Crippen LogP contribution in [0.1, 0.15) is 40.3 Å². The Bertz CT molecular complexity index is 723. The second-order valence-corrected chi connectivity index (χ2v) is 7.30. The van der Waals surface area contributed by atoms with Crippen LogP contribution in [0.25, 0.3) is 0 Å². The number of carbonyl (C=O) groups excluding carboxylic acids is 3. The van der Waals surface area contributed by atoms with Crippen LogP contribution < -0.4 is 10.6 Å². The molecule has 27 heavy (non-hydrogen) atoms. The van der Waals surface area contributed by atoms with Crippen LogP contribution in [0.4, 0.5) is 9.93 Å². The lowest BCUT2D eigenvalue weighted by atomic mass is 10.2. The molecule has 0 fully saturated rings. The summed E-state index contributed by atoms with van der Waals surface area (Å²) in [5.74, 6) is -1.17. The standard InChI is InChI=1S/C16H24N4O6S/c1-9(17)13(22)20(15(23)26-16(3,4)5)14-18-12(8-27-14)11(19-24-6)7-25-10(2)21/h8-9H,7,17H2,1-6H3/b19-11+/t9-/m1/s1. The number of aromatic nitrogens is 1. The molecule has 1 atom stereocenters. The highest BCUT2D eigenvalue weighted by Crippen LogP contribution is 2.24. The van der Waals surface area contributed by atoms with Crippen LogP contribution in [-0.4, -0.2) is 54.0 Å². The number of carbonyl (C=O) groups is 3. The average molecular weight is 400 g/mol. The Morgan fingerprint density at radius 3 is 2.48 bits per heavy atom. The zero-order valence-corrected chi connectivity index (χ0v) is 17.0. The van der Waals surface area contributed by atoms with Gasteiger partial charge in [-0.1, -0.05) is 5.16 Å². The van der Waals surface area contributed by atoms with Gasteiger partial charge in [-0.3, -0.25) is 9.59 Å². The Kier molecular flexibility index (Phi) is 7.85. The molecule has 2 N–H and O–H groups in total. The van der Waals surface area contributed by atoms with E-state index in [4.69, 9.17) is 20.0 Å². The molecule has 0 aliphatic heterocycles. The van der Waals surface area contributed by atoms with Crippen LogP contribution in [0.15, 0.2) is 10.5 Å². The molecule has 1 rings (SSSR count). The Labute approximate surface area is 161 Å². The lowest BCUT2D eigenvalue weighted by Crippen LogP contribution is -2.47. The summed E-state index contributed by atoms with van der Waals surface area (Å²) in [6.07, 6.45) is -0.893. The molecule has 0 bridgehead atoms. The van der Waals surface area contributed by atoms with E-state index in [2.05, 4.69) is 10.1 Å². The first-order chi connectivity index (χ1) is 12.5. The number of oxime groups is 1. The number of hydrogen-bond acceptors (Lipinski definition) is 10. The number of anilines is 1. The molecule has 1 heterocycles. The van der Waals surface area contributed by atoms with Crippen LogP contribution in [0.5, 0.6) is 0 Å². The van der Waals surface area contributed by atoms with Crippen molar-refractivity contribution >= 4 is 40.1 Å². The van der Waals surface area contributed by atoms with Crippen molar-refractivity contribution in [1.82, 2.24) is 4.98 Å². The largest absolute Gasteiger partial charge is 0.459 e. The van der Waals surface area contributed by atoms with Gasteiger partial charge in [-0.15, -0.1) is 11.3 Å². The predicted molar refractivity (Wildman–Crippen MR) is 99.7 cm³/mol. The molecule has 2 amide bonds. The minimum Gasteiger partial charge on any atom is -0.459 e. The van der Waals surface area contributed by atoms with Gasteiger partial charge in [0, 0.05) is 12.3 Å². The highest BCUT2D eigenvalue weighted by atomic mass is 32.1. The van der Waals surface area contributed by atoms with Crippen molar-refractivity contribution in [2.24, 2.45) is 10.9 Å². The molecule has 1 aromatic rings. The van der Waals surface area contributed by atoms with Crippen molar-refractivity contribution in [3.8, 4) is 0 Å². The van der Waals surface area contributed by atoms with E-state index in [1.165, 1.54) is 21.0 Å². The fourth-order valence-electron chi connectivity index (χ4n) is 1.70. The fraction of sp³-hybridized carbons (Fsp3) is 0.562. The van der Waals surface area contributed by atoms with E-state index >= 15 is 0 Å². The molecule has 1 aromatic heterocycles. The topological polar surface area (TPSA) is 133 Å². The molecule has 0 aliphatic rings. The van der Waals surface area contributed by atoms with E-state index in [0.717, 1.165) is 16.2 Å². The Hall–Kier alpha value is -2.53. The van der Waals surface area contributed by atoms with Crippen molar-refractivity contribution in [3.63, 3.8) is 0 Å². The summed E-state index contributed by atoms with van der Waals surface area (Å²) in [6.45, 7) is 7.55. The highest BCUT2D eigenvalue weighted by molar-refractivity contribution is 7.14.